The van der Waals surface area contributed by atoms with E-state index in [0.29, 0.717) is 13.1 Å². The number of nitrogens with zero attached hydrogens (tertiary/aromatic N) is 2. The molecular formula is C22H29FIN5. The van der Waals surface area contributed by atoms with E-state index in [1.807, 2.05) is 6.20 Å². The Morgan fingerprint density at radius 3 is 2.48 bits per heavy atom. The summed E-state index contributed by atoms with van der Waals surface area (Å²) in [6, 6.07) is 13.4. The molecule has 0 bridgehead atoms. The van der Waals surface area contributed by atoms with Crippen molar-refractivity contribution in [3.63, 3.8) is 0 Å². The van der Waals surface area contributed by atoms with E-state index < -0.39 is 0 Å². The molecule has 0 aliphatic carbocycles. The largest absolute Gasteiger partial charge is 0.361 e. The molecule has 0 unspecified atom stereocenters. The van der Waals surface area contributed by atoms with Crippen LogP contribution in [-0.4, -0.2) is 43.5 Å². The molecule has 3 N–H and O–H groups in total. The summed E-state index contributed by atoms with van der Waals surface area (Å²) in [5, 5.41) is 7.59. The highest BCUT2D eigenvalue weighted by atomic mass is 127. The molecule has 1 heterocycles. The number of aromatic amines is 1. The molecular weight excluding hydrogens is 480 g/mol. The van der Waals surface area contributed by atoms with Gasteiger partial charge in [-0.1, -0.05) is 24.3 Å². The summed E-state index contributed by atoms with van der Waals surface area (Å²) >= 11 is 0. The third-order valence-corrected chi connectivity index (χ3v) is 4.62. The zero-order valence-corrected chi connectivity index (χ0v) is 19.5. The van der Waals surface area contributed by atoms with Crippen LogP contribution < -0.4 is 10.6 Å². The molecule has 0 aliphatic heterocycles. The lowest BCUT2D eigenvalue weighted by atomic mass is 10.1. The van der Waals surface area contributed by atoms with Crippen molar-refractivity contribution in [1.82, 2.24) is 20.5 Å². The van der Waals surface area contributed by atoms with Crippen LogP contribution in [0.25, 0.3) is 10.9 Å². The molecule has 3 rings (SSSR count). The molecule has 0 atom stereocenters. The van der Waals surface area contributed by atoms with Gasteiger partial charge in [-0.2, -0.15) is 0 Å². The number of hydrogen-bond donors (Lipinski definition) is 3. The number of halogens is 2. The molecule has 2 aromatic carbocycles. The average molecular weight is 509 g/mol. The Bertz CT molecular complexity index is 934. The first kappa shape index (κ1) is 23.2. The molecule has 1 aromatic heterocycles. The minimum Gasteiger partial charge on any atom is -0.361 e. The molecule has 0 spiro atoms. The van der Waals surface area contributed by atoms with Crippen molar-refractivity contribution in [3.8, 4) is 0 Å². The van der Waals surface area contributed by atoms with Crippen LogP contribution in [0, 0.1) is 5.82 Å². The van der Waals surface area contributed by atoms with E-state index in [1.54, 1.807) is 19.2 Å². The van der Waals surface area contributed by atoms with Crippen LogP contribution in [0.4, 0.5) is 4.39 Å². The Morgan fingerprint density at radius 2 is 1.79 bits per heavy atom. The van der Waals surface area contributed by atoms with Gasteiger partial charge in [0.1, 0.15) is 5.82 Å². The number of rotatable bonds is 7. The minimum absolute atomic E-state index is 0. The predicted molar refractivity (Wildman–Crippen MR) is 129 cm³/mol. The lowest BCUT2D eigenvalue weighted by molar-refractivity contribution is 0.402. The smallest absolute Gasteiger partial charge is 0.191 e. The highest BCUT2D eigenvalue weighted by Crippen LogP contribution is 2.19. The van der Waals surface area contributed by atoms with Gasteiger partial charge < -0.3 is 20.5 Å². The van der Waals surface area contributed by atoms with E-state index in [2.05, 4.69) is 63.9 Å². The Labute approximate surface area is 188 Å². The average Bonchev–Trinajstić information content (AvgIpc) is 3.07. The second-order valence-corrected chi connectivity index (χ2v) is 7.16. The fourth-order valence-corrected chi connectivity index (χ4v) is 3.21. The SMILES string of the molecule is CN=C(NCCc1c[nH]c2ccc(F)cc12)NCc1ccc(CN(C)C)cc1.I. The maximum Gasteiger partial charge on any atom is 0.191 e. The van der Waals surface area contributed by atoms with Crippen molar-refractivity contribution in [2.75, 3.05) is 27.7 Å². The molecule has 0 radical (unpaired) electrons. The Hall–Kier alpha value is -2.13. The minimum atomic E-state index is -0.213. The molecule has 0 saturated carbocycles. The van der Waals surface area contributed by atoms with E-state index in [1.165, 1.54) is 17.2 Å². The van der Waals surface area contributed by atoms with Crippen LogP contribution in [0.5, 0.6) is 0 Å². The van der Waals surface area contributed by atoms with Gasteiger partial charge in [-0.3, -0.25) is 4.99 Å². The molecule has 0 amide bonds. The van der Waals surface area contributed by atoms with Crippen molar-refractivity contribution >= 4 is 40.8 Å². The maximum atomic E-state index is 13.5. The lowest BCUT2D eigenvalue weighted by Gasteiger charge is -2.13. The number of hydrogen-bond acceptors (Lipinski definition) is 2. The fourth-order valence-electron chi connectivity index (χ4n) is 3.21. The van der Waals surface area contributed by atoms with E-state index >= 15 is 0 Å². The Morgan fingerprint density at radius 1 is 1.07 bits per heavy atom. The highest BCUT2D eigenvalue weighted by molar-refractivity contribution is 14.0. The molecule has 29 heavy (non-hydrogen) atoms. The van der Waals surface area contributed by atoms with Crippen LogP contribution in [-0.2, 0) is 19.5 Å². The summed E-state index contributed by atoms with van der Waals surface area (Å²) in [5.41, 5.74) is 4.55. The Balaban J connectivity index is 0.00000300. The monoisotopic (exact) mass is 509 g/mol. The summed E-state index contributed by atoms with van der Waals surface area (Å²) in [6.45, 7) is 2.36. The lowest BCUT2D eigenvalue weighted by Crippen LogP contribution is -2.37. The number of guanidine groups is 1. The first-order valence-electron chi connectivity index (χ1n) is 9.47. The zero-order chi connectivity index (χ0) is 19.9. The molecule has 3 aromatic rings. The van der Waals surface area contributed by atoms with Crippen LogP contribution in [0.2, 0.25) is 0 Å². The van der Waals surface area contributed by atoms with E-state index in [4.69, 9.17) is 0 Å². The summed E-state index contributed by atoms with van der Waals surface area (Å²) in [7, 11) is 5.90. The van der Waals surface area contributed by atoms with Gasteiger partial charge in [0.25, 0.3) is 0 Å². The van der Waals surface area contributed by atoms with E-state index in [0.717, 1.165) is 35.4 Å². The maximum absolute atomic E-state index is 13.5. The predicted octanol–water partition coefficient (Wildman–Crippen LogP) is 3.89. The van der Waals surface area contributed by atoms with Crippen LogP contribution >= 0.6 is 24.0 Å². The van der Waals surface area contributed by atoms with E-state index in [-0.39, 0.29) is 29.8 Å². The van der Waals surface area contributed by atoms with Gasteiger partial charge in [0.15, 0.2) is 5.96 Å². The number of benzene rings is 2. The number of H-pyrrole nitrogens is 1. The fraction of sp³-hybridized carbons (Fsp3) is 0.318. The van der Waals surface area contributed by atoms with Crippen molar-refractivity contribution in [3.05, 3.63) is 71.2 Å². The quantitative estimate of drug-likeness (QED) is 0.258. The van der Waals surface area contributed by atoms with Crippen molar-refractivity contribution in [1.29, 1.82) is 0 Å². The first-order valence-corrected chi connectivity index (χ1v) is 9.47. The normalized spacial score (nSPS) is 11.6. The molecule has 7 heteroatoms. The van der Waals surface area contributed by atoms with E-state index in [9.17, 15) is 4.39 Å². The van der Waals surface area contributed by atoms with Crippen molar-refractivity contribution in [2.45, 2.75) is 19.5 Å². The van der Waals surface area contributed by atoms with Crippen LogP contribution in [0.15, 0.2) is 53.7 Å². The number of aliphatic imine (C=N–C) groups is 1. The van der Waals surface area contributed by atoms with Crippen molar-refractivity contribution < 1.29 is 4.39 Å². The van der Waals surface area contributed by atoms with Gasteiger partial charge >= 0.3 is 0 Å². The summed E-state index contributed by atoms with van der Waals surface area (Å²) in [6.07, 6.45) is 2.72. The number of fused-ring (bicyclic) bond motifs is 1. The van der Waals surface area contributed by atoms with Gasteiger partial charge in [-0.15, -0.1) is 24.0 Å². The molecule has 0 saturated heterocycles. The second kappa shape index (κ2) is 11.2. The van der Waals surface area contributed by atoms with Crippen LogP contribution in [0.1, 0.15) is 16.7 Å². The molecule has 5 nitrogen and oxygen atoms in total. The Kier molecular flexibility index (Phi) is 8.91. The number of aromatic nitrogens is 1. The summed E-state index contributed by atoms with van der Waals surface area (Å²) in [4.78, 5) is 9.62. The van der Waals surface area contributed by atoms with Crippen LogP contribution in [0.3, 0.4) is 0 Å². The van der Waals surface area contributed by atoms with Crippen molar-refractivity contribution in [2.24, 2.45) is 4.99 Å². The molecule has 156 valence electrons. The summed E-state index contributed by atoms with van der Waals surface area (Å²) in [5.74, 6) is 0.541. The zero-order valence-electron chi connectivity index (χ0n) is 17.1. The van der Waals surface area contributed by atoms with Gasteiger partial charge in [0.05, 0.1) is 0 Å². The van der Waals surface area contributed by atoms with Gasteiger partial charge in [-0.05, 0) is 55.4 Å². The number of nitrogens with one attached hydrogen (secondary N) is 3. The topological polar surface area (TPSA) is 55.5 Å². The third-order valence-electron chi connectivity index (χ3n) is 4.62. The van der Waals surface area contributed by atoms with Gasteiger partial charge in [0, 0.05) is 43.8 Å². The molecule has 0 fully saturated rings. The molecule has 0 aliphatic rings. The summed E-state index contributed by atoms with van der Waals surface area (Å²) < 4.78 is 13.5. The third kappa shape index (κ3) is 6.71. The highest BCUT2D eigenvalue weighted by Gasteiger charge is 2.06. The second-order valence-electron chi connectivity index (χ2n) is 7.16. The van der Waals surface area contributed by atoms with Gasteiger partial charge in [-0.25, -0.2) is 4.39 Å². The first-order chi connectivity index (χ1) is 13.5. The standard InChI is InChI=1S/C22H28FN5.HI/c1-24-22(27-13-16-4-6-17(7-5-16)15-28(2)3)25-11-10-18-14-26-21-9-8-19(23)12-20(18)21;/h4-9,12,14,26H,10-11,13,15H2,1-3H3,(H2,24,25,27);1H. The van der Waals surface area contributed by atoms with Gasteiger partial charge in [0.2, 0.25) is 0 Å².